The van der Waals surface area contributed by atoms with Crippen molar-refractivity contribution in [1.29, 1.82) is 0 Å². The predicted molar refractivity (Wildman–Crippen MR) is 52.0 cm³/mol. The number of aryl methyl sites for hydroxylation is 1. The van der Waals surface area contributed by atoms with Gasteiger partial charge in [0.2, 0.25) is 0 Å². The Bertz CT molecular complexity index is 470. The van der Waals surface area contributed by atoms with Gasteiger partial charge in [-0.15, -0.1) is 0 Å². The Labute approximate surface area is 81.0 Å². The van der Waals surface area contributed by atoms with E-state index in [2.05, 4.69) is 0 Å². The monoisotopic (exact) mass is 190 g/mol. The summed E-state index contributed by atoms with van der Waals surface area (Å²) in [6, 6.07) is 7.37. The second kappa shape index (κ2) is 3.27. The highest BCUT2D eigenvalue weighted by atomic mass is 16.4. The van der Waals surface area contributed by atoms with E-state index in [1.807, 2.05) is 25.1 Å². The van der Waals surface area contributed by atoms with E-state index in [0.717, 1.165) is 10.9 Å². The summed E-state index contributed by atoms with van der Waals surface area (Å²) in [4.78, 5) is 10.3. The van der Waals surface area contributed by atoms with E-state index in [1.54, 1.807) is 6.07 Å². The minimum Gasteiger partial charge on any atom is -0.458 e. The molecule has 14 heavy (non-hydrogen) atoms. The summed E-state index contributed by atoms with van der Waals surface area (Å²) in [5, 5.41) is 10.1. The van der Waals surface area contributed by atoms with Crippen LogP contribution in [0, 0.1) is 6.92 Å². The van der Waals surface area contributed by atoms with Crippen molar-refractivity contribution in [1.82, 2.24) is 0 Å². The van der Waals surface area contributed by atoms with E-state index < -0.39 is 6.10 Å². The van der Waals surface area contributed by atoms with Crippen LogP contribution in [-0.2, 0) is 4.79 Å². The predicted octanol–water partition coefficient (Wildman–Crippen LogP) is 1.97. The van der Waals surface area contributed by atoms with Crippen LogP contribution in [0.5, 0.6) is 0 Å². The van der Waals surface area contributed by atoms with Crippen molar-refractivity contribution in [3.05, 3.63) is 35.6 Å². The van der Waals surface area contributed by atoms with Crippen LogP contribution in [0.15, 0.2) is 28.7 Å². The van der Waals surface area contributed by atoms with Crippen LogP contribution in [0.3, 0.4) is 0 Å². The number of benzene rings is 1. The Morgan fingerprint density at radius 1 is 1.43 bits per heavy atom. The number of hydrogen-bond donors (Lipinski definition) is 1. The number of furan rings is 1. The van der Waals surface area contributed by atoms with Crippen molar-refractivity contribution in [3.8, 4) is 0 Å². The van der Waals surface area contributed by atoms with Gasteiger partial charge in [-0.2, -0.15) is 0 Å². The van der Waals surface area contributed by atoms with Gasteiger partial charge in [0.25, 0.3) is 0 Å². The second-order valence-electron chi connectivity index (χ2n) is 3.27. The van der Waals surface area contributed by atoms with E-state index in [0.29, 0.717) is 17.6 Å². The maximum atomic E-state index is 10.3. The van der Waals surface area contributed by atoms with Gasteiger partial charge in [-0.05, 0) is 25.1 Å². The molecule has 1 N–H and O–H groups in total. The molecule has 1 aromatic heterocycles. The summed E-state index contributed by atoms with van der Waals surface area (Å²) in [7, 11) is 0. The van der Waals surface area contributed by atoms with Crippen LogP contribution in [0.2, 0.25) is 0 Å². The minimum atomic E-state index is -1.16. The van der Waals surface area contributed by atoms with Gasteiger partial charge in [-0.25, -0.2) is 0 Å². The molecule has 0 radical (unpaired) electrons. The zero-order chi connectivity index (χ0) is 10.1. The van der Waals surface area contributed by atoms with Gasteiger partial charge < -0.3 is 9.52 Å². The molecule has 1 aromatic carbocycles. The summed E-state index contributed by atoms with van der Waals surface area (Å²) >= 11 is 0. The number of rotatable bonds is 2. The van der Waals surface area contributed by atoms with Crippen LogP contribution >= 0.6 is 0 Å². The van der Waals surface area contributed by atoms with Gasteiger partial charge in [0.1, 0.15) is 11.3 Å². The van der Waals surface area contributed by atoms with Crippen LogP contribution in [-0.4, -0.2) is 11.4 Å². The summed E-state index contributed by atoms with van der Waals surface area (Å²) in [6.07, 6.45) is -0.715. The number of fused-ring (bicyclic) bond motifs is 1. The lowest BCUT2D eigenvalue weighted by Gasteiger charge is -1.94. The number of carbonyl (C=O) groups excluding carboxylic acids is 1. The molecule has 0 saturated heterocycles. The molecular formula is C11H10O3. The van der Waals surface area contributed by atoms with E-state index in [1.165, 1.54) is 0 Å². The molecule has 0 saturated carbocycles. The Hall–Kier alpha value is -1.61. The van der Waals surface area contributed by atoms with E-state index in [4.69, 9.17) is 4.42 Å². The maximum Gasteiger partial charge on any atom is 0.167 e. The third-order valence-corrected chi connectivity index (χ3v) is 2.11. The summed E-state index contributed by atoms with van der Waals surface area (Å²) in [5.74, 6) is 0.292. The van der Waals surface area contributed by atoms with Crippen molar-refractivity contribution in [2.24, 2.45) is 0 Å². The van der Waals surface area contributed by atoms with Gasteiger partial charge in [-0.3, -0.25) is 4.79 Å². The first-order valence-corrected chi connectivity index (χ1v) is 4.34. The second-order valence-corrected chi connectivity index (χ2v) is 3.27. The number of hydrogen-bond acceptors (Lipinski definition) is 3. The Morgan fingerprint density at radius 2 is 2.21 bits per heavy atom. The number of carbonyl (C=O) groups is 1. The minimum absolute atomic E-state index is 0.292. The van der Waals surface area contributed by atoms with Crippen molar-refractivity contribution >= 4 is 17.3 Å². The first-order valence-electron chi connectivity index (χ1n) is 4.34. The molecule has 0 amide bonds. The largest absolute Gasteiger partial charge is 0.458 e. The Morgan fingerprint density at radius 3 is 2.93 bits per heavy atom. The molecule has 2 rings (SSSR count). The molecule has 72 valence electrons. The quantitative estimate of drug-likeness (QED) is 0.736. The molecule has 0 aliphatic carbocycles. The third-order valence-electron chi connectivity index (χ3n) is 2.11. The summed E-state index contributed by atoms with van der Waals surface area (Å²) in [5.41, 5.74) is 1.80. The molecule has 0 aliphatic heterocycles. The van der Waals surface area contributed by atoms with Crippen molar-refractivity contribution in [2.75, 3.05) is 0 Å². The first kappa shape index (κ1) is 8.97. The van der Waals surface area contributed by atoms with E-state index in [9.17, 15) is 9.90 Å². The highest BCUT2D eigenvalue weighted by molar-refractivity contribution is 5.79. The Balaban J connectivity index is 2.56. The average Bonchev–Trinajstić information content (AvgIpc) is 2.59. The van der Waals surface area contributed by atoms with Crippen LogP contribution in [0.25, 0.3) is 11.0 Å². The Kier molecular flexibility index (Phi) is 2.09. The fraction of sp³-hybridized carbons (Fsp3) is 0.182. The maximum absolute atomic E-state index is 10.3. The number of aliphatic hydroxyl groups excluding tert-OH is 1. The first-order chi connectivity index (χ1) is 6.70. The van der Waals surface area contributed by atoms with E-state index in [-0.39, 0.29) is 0 Å². The van der Waals surface area contributed by atoms with Gasteiger partial charge in [0, 0.05) is 5.39 Å². The normalized spacial score (nSPS) is 13.0. The average molecular weight is 190 g/mol. The highest BCUT2D eigenvalue weighted by Crippen LogP contribution is 2.23. The number of aliphatic hydroxyl groups is 1. The lowest BCUT2D eigenvalue weighted by molar-refractivity contribution is -0.115. The van der Waals surface area contributed by atoms with Gasteiger partial charge in [0.15, 0.2) is 12.4 Å². The van der Waals surface area contributed by atoms with Gasteiger partial charge >= 0.3 is 0 Å². The summed E-state index contributed by atoms with van der Waals surface area (Å²) < 4.78 is 5.29. The molecular weight excluding hydrogens is 180 g/mol. The molecule has 2 aromatic rings. The number of aldehydes is 1. The zero-order valence-corrected chi connectivity index (χ0v) is 7.73. The summed E-state index contributed by atoms with van der Waals surface area (Å²) in [6.45, 7) is 1.97. The molecule has 3 nitrogen and oxygen atoms in total. The molecule has 3 heteroatoms. The van der Waals surface area contributed by atoms with Crippen LogP contribution in [0.1, 0.15) is 17.4 Å². The molecule has 1 heterocycles. The van der Waals surface area contributed by atoms with Crippen molar-refractivity contribution in [2.45, 2.75) is 13.0 Å². The fourth-order valence-corrected chi connectivity index (χ4v) is 1.40. The highest BCUT2D eigenvalue weighted by Gasteiger charge is 2.11. The molecule has 0 bridgehead atoms. The fourth-order valence-electron chi connectivity index (χ4n) is 1.40. The van der Waals surface area contributed by atoms with E-state index >= 15 is 0 Å². The molecule has 0 fully saturated rings. The lowest BCUT2D eigenvalue weighted by Crippen LogP contribution is -1.94. The van der Waals surface area contributed by atoms with Gasteiger partial charge in [0.05, 0.1) is 0 Å². The van der Waals surface area contributed by atoms with Crippen molar-refractivity contribution < 1.29 is 14.3 Å². The lowest BCUT2D eigenvalue weighted by atomic mass is 10.2. The molecule has 0 aliphatic rings. The molecule has 0 spiro atoms. The van der Waals surface area contributed by atoms with Crippen molar-refractivity contribution in [3.63, 3.8) is 0 Å². The van der Waals surface area contributed by atoms with Crippen LogP contribution in [0.4, 0.5) is 0 Å². The van der Waals surface area contributed by atoms with Gasteiger partial charge in [-0.1, -0.05) is 11.6 Å². The van der Waals surface area contributed by atoms with Crippen LogP contribution < -0.4 is 0 Å². The SMILES string of the molecule is Cc1ccc2oc(C(O)C=O)cc2c1. The zero-order valence-electron chi connectivity index (χ0n) is 7.73. The topological polar surface area (TPSA) is 50.4 Å². The third kappa shape index (κ3) is 1.42. The molecule has 1 unspecified atom stereocenters. The molecule has 1 atom stereocenters. The standard InChI is InChI=1S/C11H10O3/c1-7-2-3-10-8(4-7)5-11(14-10)9(13)6-12/h2-6,9,13H,1H3. The smallest absolute Gasteiger partial charge is 0.167 e.